The Labute approximate surface area is 114 Å². The quantitative estimate of drug-likeness (QED) is 0.905. The lowest BCUT2D eigenvalue weighted by Gasteiger charge is -2.27. The number of rotatable bonds is 4. The van der Waals surface area contributed by atoms with Crippen molar-refractivity contribution in [3.63, 3.8) is 0 Å². The number of hydrogen-bond acceptors (Lipinski definition) is 4. The summed E-state index contributed by atoms with van der Waals surface area (Å²) in [7, 11) is -3.48. The van der Waals surface area contributed by atoms with Gasteiger partial charge in [-0.1, -0.05) is 13.8 Å². The molecule has 0 aromatic carbocycles. The van der Waals surface area contributed by atoms with E-state index in [1.54, 1.807) is 22.6 Å². The van der Waals surface area contributed by atoms with Crippen molar-refractivity contribution in [2.75, 3.05) is 6.54 Å². The van der Waals surface area contributed by atoms with Crippen LogP contribution in [0.1, 0.15) is 32.4 Å². The average Bonchev–Trinajstić information content (AvgIpc) is 2.88. The molecule has 1 fully saturated rings. The third kappa shape index (κ3) is 2.66. The zero-order valence-electron chi connectivity index (χ0n) is 11.4. The minimum absolute atomic E-state index is 0.0795. The Bertz CT molecular complexity index is 543. The minimum Gasteiger partial charge on any atom is -0.325 e. The van der Waals surface area contributed by atoms with E-state index in [0.717, 1.165) is 12.8 Å². The van der Waals surface area contributed by atoms with Crippen LogP contribution in [-0.4, -0.2) is 30.3 Å². The Kier molecular flexibility index (Phi) is 4.23. The van der Waals surface area contributed by atoms with Crippen LogP contribution in [0.5, 0.6) is 0 Å². The van der Waals surface area contributed by atoms with E-state index in [9.17, 15) is 8.42 Å². The van der Waals surface area contributed by atoms with E-state index < -0.39 is 10.0 Å². The molecule has 6 heteroatoms. The van der Waals surface area contributed by atoms with Crippen LogP contribution < -0.4 is 5.73 Å². The second-order valence-corrected chi connectivity index (χ2v) is 7.08. The minimum atomic E-state index is -3.48. The summed E-state index contributed by atoms with van der Waals surface area (Å²) >= 11 is 0. The first-order chi connectivity index (χ1) is 8.98. The van der Waals surface area contributed by atoms with Crippen molar-refractivity contribution in [3.05, 3.63) is 24.0 Å². The largest absolute Gasteiger partial charge is 0.325 e. The highest BCUT2D eigenvalue weighted by Crippen LogP contribution is 2.30. The Morgan fingerprint density at radius 1 is 1.53 bits per heavy atom. The second-order valence-electron chi connectivity index (χ2n) is 5.22. The van der Waals surface area contributed by atoms with Crippen molar-refractivity contribution < 1.29 is 8.42 Å². The lowest BCUT2D eigenvalue weighted by atomic mass is 10.0. The molecule has 2 N–H and O–H groups in total. The molecule has 0 amide bonds. The maximum Gasteiger partial charge on any atom is 0.245 e. The van der Waals surface area contributed by atoms with Crippen LogP contribution in [0.3, 0.4) is 0 Å². The van der Waals surface area contributed by atoms with E-state index >= 15 is 0 Å². The van der Waals surface area contributed by atoms with Crippen LogP contribution in [0.15, 0.2) is 23.2 Å². The molecule has 1 atom stereocenters. The van der Waals surface area contributed by atoms with Gasteiger partial charge in [-0.3, -0.25) is 4.98 Å². The summed E-state index contributed by atoms with van der Waals surface area (Å²) in [5.41, 5.74) is 6.04. The lowest BCUT2D eigenvalue weighted by Crippen LogP contribution is -2.39. The van der Waals surface area contributed by atoms with E-state index in [1.165, 1.54) is 0 Å². The molecule has 1 aromatic heterocycles. The van der Waals surface area contributed by atoms with Gasteiger partial charge in [-0.15, -0.1) is 0 Å². The zero-order chi connectivity index (χ0) is 14.0. The van der Waals surface area contributed by atoms with Crippen molar-refractivity contribution in [2.24, 2.45) is 11.7 Å². The van der Waals surface area contributed by atoms with Crippen LogP contribution in [-0.2, 0) is 16.6 Å². The van der Waals surface area contributed by atoms with Crippen molar-refractivity contribution in [2.45, 2.75) is 44.2 Å². The molecule has 2 heterocycles. The first-order valence-corrected chi connectivity index (χ1v) is 8.08. The van der Waals surface area contributed by atoms with E-state index in [2.05, 4.69) is 18.8 Å². The highest BCUT2D eigenvalue weighted by Gasteiger charge is 2.37. The number of pyridine rings is 1. The summed E-state index contributed by atoms with van der Waals surface area (Å²) in [4.78, 5) is 4.33. The summed E-state index contributed by atoms with van der Waals surface area (Å²) in [5, 5.41) is 0. The maximum atomic E-state index is 12.8. The number of nitrogens with two attached hydrogens (primary N) is 1. The average molecular weight is 283 g/mol. The van der Waals surface area contributed by atoms with Gasteiger partial charge in [0.15, 0.2) is 0 Å². The Hall–Kier alpha value is -0.980. The summed E-state index contributed by atoms with van der Waals surface area (Å²) < 4.78 is 27.1. The molecular weight excluding hydrogens is 262 g/mol. The fourth-order valence-corrected chi connectivity index (χ4v) is 4.68. The fraction of sp³-hybridized carbons (Fsp3) is 0.615. The zero-order valence-corrected chi connectivity index (χ0v) is 12.2. The molecule has 1 unspecified atom stereocenters. The number of sulfonamides is 1. The maximum absolute atomic E-state index is 12.8. The molecule has 106 valence electrons. The van der Waals surface area contributed by atoms with Gasteiger partial charge in [0, 0.05) is 25.3 Å². The smallest absolute Gasteiger partial charge is 0.245 e. The third-order valence-electron chi connectivity index (χ3n) is 3.65. The van der Waals surface area contributed by atoms with Crippen molar-refractivity contribution in [1.82, 2.24) is 9.29 Å². The highest BCUT2D eigenvalue weighted by atomic mass is 32.2. The molecule has 1 aliphatic heterocycles. The SMILES string of the molecule is CC(C)C1CCCN1S(=O)(=O)c1cccnc1CN. The Morgan fingerprint density at radius 3 is 2.89 bits per heavy atom. The van der Waals surface area contributed by atoms with Gasteiger partial charge in [-0.05, 0) is 30.9 Å². The van der Waals surface area contributed by atoms with Crippen LogP contribution in [0.4, 0.5) is 0 Å². The third-order valence-corrected chi connectivity index (χ3v) is 5.64. The van der Waals surface area contributed by atoms with Crippen molar-refractivity contribution >= 4 is 10.0 Å². The molecule has 0 radical (unpaired) electrons. The lowest BCUT2D eigenvalue weighted by molar-refractivity contribution is 0.315. The topological polar surface area (TPSA) is 76.3 Å². The number of aromatic nitrogens is 1. The molecule has 0 bridgehead atoms. The molecule has 1 aromatic rings. The van der Waals surface area contributed by atoms with E-state index in [-0.39, 0.29) is 17.5 Å². The second kappa shape index (κ2) is 5.56. The first kappa shape index (κ1) is 14.4. The van der Waals surface area contributed by atoms with Gasteiger partial charge in [0.2, 0.25) is 10.0 Å². The number of hydrogen-bond donors (Lipinski definition) is 1. The molecular formula is C13H21N3O2S. The van der Waals surface area contributed by atoms with E-state index in [1.807, 2.05) is 0 Å². The van der Waals surface area contributed by atoms with E-state index in [4.69, 9.17) is 5.73 Å². The van der Waals surface area contributed by atoms with Crippen molar-refractivity contribution in [3.8, 4) is 0 Å². The predicted octanol–water partition coefficient (Wildman–Crippen LogP) is 1.35. The Morgan fingerprint density at radius 2 is 2.26 bits per heavy atom. The number of nitrogens with zero attached hydrogens (tertiary/aromatic N) is 2. The molecule has 19 heavy (non-hydrogen) atoms. The van der Waals surface area contributed by atoms with Crippen LogP contribution in [0, 0.1) is 5.92 Å². The van der Waals surface area contributed by atoms with Crippen molar-refractivity contribution in [1.29, 1.82) is 0 Å². The molecule has 5 nitrogen and oxygen atoms in total. The summed E-state index contributed by atoms with van der Waals surface area (Å²) in [6.45, 7) is 4.84. The molecule has 0 aliphatic carbocycles. The summed E-state index contributed by atoms with van der Waals surface area (Å²) in [5.74, 6) is 0.315. The summed E-state index contributed by atoms with van der Waals surface area (Å²) in [6.07, 6.45) is 3.42. The summed E-state index contributed by atoms with van der Waals surface area (Å²) in [6, 6.07) is 3.32. The van der Waals surface area contributed by atoms with Gasteiger partial charge in [-0.25, -0.2) is 8.42 Å². The predicted molar refractivity (Wildman–Crippen MR) is 73.9 cm³/mol. The van der Waals surface area contributed by atoms with Gasteiger partial charge >= 0.3 is 0 Å². The van der Waals surface area contributed by atoms with Crippen LogP contribution in [0.2, 0.25) is 0 Å². The highest BCUT2D eigenvalue weighted by molar-refractivity contribution is 7.89. The molecule has 2 rings (SSSR count). The Balaban J connectivity index is 2.42. The molecule has 1 aliphatic rings. The van der Waals surface area contributed by atoms with Gasteiger partial charge in [0.25, 0.3) is 0 Å². The van der Waals surface area contributed by atoms with Gasteiger partial charge in [0.1, 0.15) is 4.90 Å². The molecule has 0 saturated carbocycles. The van der Waals surface area contributed by atoms with Gasteiger partial charge in [0.05, 0.1) is 5.69 Å². The van der Waals surface area contributed by atoms with Gasteiger partial charge < -0.3 is 5.73 Å². The normalized spacial score (nSPS) is 21.2. The standard InChI is InChI=1S/C13H21N3O2S/c1-10(2)12-5-4-8-16(12)19(17,18)13-6-3-7-15-11(13)9-14/h3,6-7,10,12H,4-5,8-9,14H2,1-2H3. The monoisotopic (exact) mass is 283 g/mol. The van der Waals surface area contributed by atoms with Gasteiger partial charge in [-0.2, -0.15) is 4.31 Å². The molecule has 0 spiro atoms. The van der Waals surface area contributed by atoms with Crippen LogP contribution in [0.25, 0.3) is 0 Å². The van der Waals surface area contributed by atoms with E-state index in [0.29, 0.717) is 18.2 Å². The van der Waals surface area contributed by atoms with Crippen LogP contribution >= 0.6 is 0 Å². The molecule has 1 saturated heterocycles. The fourth-order valence-electron chi connectivity index (χ4n) is 2.67. The first-order valence-electron chi connectivity index (χ1n) is 6.64.